The second-order valence-corrected chi connectivity index (χ2v) is 9.38. The smallest absolute Gasteiger partial charge is 0.353 e. The van der Waals surface area contributed by atoms with Crippen LogP contribution in [0.5, 0.6) is 0 Å². The van der Waals surface area contributed by atoms with Gasteiger partial charge in [0.1, 0.15) is 6.33 Å². The number of benzene rings is 1. The van der Waals surface area contributed by atoms with Gasteiger partial charge in [0.15, 0.2) is 0 Å². The predicted octanol–water partition coefficient (Wildman–Crippen LogP) is 4.47. The number of carbonyl (C=O) groups excluding carboxylic acids is 1. The van der Waals surface area contributed by atoms with E-state index in [1.807, 2.05) is 0 Å². The number of rotatable bonds is 6. The van der Waals surface area contributed by atoms with E-state index in [0.29, 0.717) is 17.2 Å². The van der Waals surface area contributed by atoms with E-state index in [-0.39, 0.29) is 23.0 Å². The highest BCUT2D eigenvalue weighted by molar-refractivity contribution is 5.89. The number of amides is 1. The van der Waals surface area contributed by atoms with Gasteiger partial charge in [-0.3, -0.25) is 14.9 Å². The second-order valence-electron chi connectivity index (χ2n) is 9.38. The first-order valence-electron chi connectivity index (χ1n) is 10.8. The molecule has 0 atom stereocenters. The minimum Gasteiger partial charge on any atom is -0.359 e. The molecule has 31 heavy (non-hydrogen) atoms. The van der Waals surface area contributed by atoms with Crippen LogP contribution in [-0.4, -0.2) is 26.3 Å². The molecule has 9 heteroatoms. The van der Waals surface area contributed by atoms with Crippen molar-refractivity contribution >= 4 is 34.6 Å². The summed E-state index contributed by atoms with van der Waals surface area (Å²) in [5.41, 5.74) is 1.06. The summed E-state index contributed by atoms with van der Waals surface area (Å²) in [5, 5.41) is 21.2. The van der Waals surface area contributed by atoms with E-state index in [2.05, 4.69) is 25.9 Å². The summed E-state index contributed by atoms with van der Waals surface area (Å²) >= 11 is 0. The van der Waals surface area contributed by atoms with Gasteiger partial charge in [0.25, 0.3) is 0 Å². The minimum atomic E-state index is -0.420. The van der Waals surface area contributed by atoms with Gasteiger partial charge in [0.2, 0.25) is 17.5 Å². The van der Waals surface area contributed by atoms with E-state index >= 15 is 0 Å². The van der Waals surface area contributed by atoms with E-state index in [9.17, 15) is 14.9 Å². The zero-order valence-corrected chi connectivity index (χ0v) is 17.4. The first-order valence-corrected chi connectivity index (χ1v) is 10.8. The molecule has 4 bridgehead atoms. The molecule has 162 valence electrons. The third kappa shape index (κ3) is 3.92. The second kappa shape index (κ2) is 7.47. The third-order valence-corrected chi connectivity index (χ3v) is 6.89. The first-order chi connectivity index (χ1) is 14.9. The lowest BCUT2D eigenvalue weighted by molar-refractivity contribution is -0.383. The van der Waals surface area contributed by atoms with E-state index in [1.54, 1.807) is 24.3 Å². The van der Waals surface area contributed by atoms with E-state index in [1.165, 1.54) is 32.5 Å². The van der Waals surface area contributed by atoms with E-state index in [4.69, 9.17) is 0 Å². The number of aromatic nitrogens is 2. The van der Waals surface area contributed by atoms with Crippen molar-refractivity contribution in [3.8, 4) is 0 Å². The van der Waals surface area contributed by atoms with Gasteiger partial charge in [-0.2, -0.15) is 0 Å². The van der Waals surface area contributed by atoms with Gasteiger partial charge < -0.3 is 16.0 Å². The van der Waals surface area contributed by atoms with Gasteiger partial charge in [-0.05, 0) is 80.5 Å². The minimum absolute atomic E-state index is 0.0921. The van der Waals surface area contributed by atoms with Crippen molar-refractivity contribution in [2.75, 3.05) is 16.0 Å². The molecule has 0 saturated heterocycles. The molecule has 0 aliphatic heterocycles. The summed E-state index contributed by atoms with van der Waals surface area (Å²) in [7, 11) is 0. The molecule has 4 aliphatic rings. The Morgan fingerprint density at radius 3 is 2.10 bits per heavy atom. The molecule has 6 rings (SSSR count). The zero-order valence-electron chi connectivity index (χ0n) is 17.4. The molecule has 1 amide bonds. The van der Waals surface area contributed by atoms with Crippen LogP contribution in [-0.2, 0) is 4.79 Å². The summed E-state index contributed by atoms with van der Waals surface area (Å²) in [4.78, 5) is 31.2. The Bertz CT molecular complexity index is 987. The summed E-state index contributed by atoms with van der Waals surface area (Å²) in [5.74, 6) is 2.45. The van der Waals surface area contributed by atoms with Crippen molar-refractivity contribution in [3.63, 3.8) is 0 Å². The molecule has 4 aliphatic carbocycles. The maximum Gasteiger partial charge on any atom is 0.353 e. The van der Waals surface area contributed by atoms with Crippen LogP contribution in [0, 0.1) is 27.9 Å². The number of carbonyl (C=O) groups is 1. The number of nitrogens with zero attached hydrogens (tertiary/aromatic N) is 3. The maximum absolute atomic E-state index is 12.0. The first kappa shape index (κ1) is 19.7. The highest BCUT2D eigenvalue weighted by Gasteiger charge is 2.51. The number of nitro groups is 1. The standard InChI is InChI=1S/C22H26N6O3/c1-13(29)25-17-2-4-18(5-3-17)26-20-19(28(30)31)21(24-12-23-20)27-22-9-14-6-15(10-22)8-16(7-14)11-22/h2-5,12,14-16H,6-11H2,1H3,(H,25,29)(H2,23,24,26,27). The highest BCUT2D eigenvalue weighted by atomic mass is 16.6. The summed E-state index contributed by atoms with van der Waals surface area (Å²) in [6.45, 7) is 1.44. The van der Waals surface area contributed by atoms with Gasteiger partial charge in [-0.1, -0.05) is 0 Å². The normalized spacial score (nSPS) is 28.2. The Morgan fingerprint density at radius 2 is 1.55 bits per heavy atom. The number of hydrogen-bond acceptors (Lipinski definition) is 7. The fourth-order valence-corrected chi connectivity index (χ4v) is 6.23. The highest BCUT2D eigenvalue weighted by Crippen LogP contribution is 2.57. The van der Waals surface area contributed by atoms with Crippen LogP contribution in [0.15, 0.2) is 30.6 Å². The lowest BCUT2D eigenvalue weighted by Crippen LogP contribution is -2.55. The fourth-order valence-electron chi connectivity index (χ4n) is 6.23. The number of nitrogens with one attached hydrogen (secondary N) is 3. The predicted molar refractivity (Wildman–Crippen MR) is 117 cm³/mol. The molecule has 0 radical (unpaired) electrons. The molecular weight excluding hydrogens is 396 g/mol. The SMILES string of the molecule is CC(=O)Nc1ccc(Nc2ncnc(NC34CC5CC(CC(C5)C3)C4)c2[N+](=O)[O-])cc1. The third-order valence-electron chi connectivity index (χ3n) is 6.89. The molecule has 1 heterocycles. The van der Waals surface area contributed by atoms with Crippen LogP contribution >= 0.6 is 0 Å². The van der Waals surface area contributed by atoms with Gasteiger partial charge in [-0.15, -0.1) is 0 Å². The molecule has 1 aromatic carbocycles. The lowest BCUT2D eigenvalue weighted by Gasteiger charge is -2.57. The van der Waals surface area contributed by atoms with E-state index < -0.39 is 4.92 Å². The summed E-state index contributed by atoms with van der Waals surface area (Å²) in [6, 6.07) is 6.93. The van der Waals surface area contributed by atoms with Crippen molar-refractivity contribution in [1.29, 1.82) is 0 Å². The van der Waals surface area contributed by atoms with Crippen molar-refractivity contribution < 1.29 is 9.72 Å². The molecule has 4 saturated carbocycles. The molecule has 0 unspecified atom stereocenters. The van der Waals surface area contributed by atoms with Crippen molar-refractivity contribution in [2.45, 2.75) is 51.0 Å². The molecule has 9 nitrogen and oxygen atoms in total. The van der Waals surface area contributed by atoms with Crippen LogP contribution in [0.3, 0.4) is 0 Å². The topological polar surface area (TPSA) is 122 Å². The number of anilines is 4. The monoisotopic (exact) mass is 422 g/mol. The lowest BCUT2D eigenvalue weighted by atomic mass is 9.53. The van der Waals surface area contributed by atoms with Crippen LogP contribution < -0.4 is 16.0 Å². The molecule has 1 aromatic heterocycles. The Balaban J connectivity index is 1.40. The summed E-state index contributed by atoms with van der Waals surface area (Å²) in [6.07, 6.45) is 8.45. The Kier molecular flexibility index (Phi) is 4.75. The average molecular weight is 422 g/mol. The molecular formula is C22H26N6O3. The zero-order chi connectivity index (χ0) is 21.6. The number of hydrogen-bond donors (Lipinski definition) is 3. The van der Waals surface area contributed by atoms with Crippen molar-refractivity contribution in [3.05, 3.63) is 40.7 Å². The molecule has 0 spiro atoms. The molecule has 2 aromatic rings. The quantitative estimate of drug-likeness (QED) is 0.464. The largest absolute Gasteiger partial charge is 0.359 e. The van der Waals surface area contributed by atoms with Crippen molar-refractivity contribution in [2.24, 2.45) is 17.8 Å². The van der Waals surface area contributed by atoms with Gasteiger partial charge in [0.05, 0.1) is 4.92 Å². The van der Waals surface area contributed by atoms with Crippen LogP contribution in [0.25, 0.3) is 0 Å². The van der Waals surface area contributed by atoms with Crippen molar-refractivity contribution in [1.82, 2.24) is 9.97 Å². The van der Waals surface area contributed by atoms with Gasteiger partial charge in [0, 0.05) is 23.8 Å². The summed E-state index contributed by atoms with van der Waals surface area (Å²) < 4.78 is 0. The fraction of sp³-hybridized carbons (Fsp3) is 0.500. The van der Waals surface area contributed by atoms with Gasteiger partial charge >= 0.3 is 5.69 Å². The Morgan fingerprint density at radius 1 is 1.00 bits per heavy atom. The Labute approximate surface area is 180 Å². The molecule has 4 fully saturated rings. The van der Waals surface area contributed by atoms with Crippen LogP contribution in [0.4, 0.5) is 28.7 Å². The van der Waals surface area contributed by atoms with Gasteiger partial charge in [-0.25, -0.2) is 9.97 Å². The van der Waals surface area contributed by atoms with E-state index in [0.717, 1.165) is 37.0 Å². The van der Waals surface area contributed by atoms with Crippen LogP contribution in [0.2, 0.25) is 0 Å². The Hall–Kier alpha value is -3.23. The van der Waals surface area contributed by atoms with Crippen LogP contribution in [0.1, 0.15) is 45.4 Å². The average Bonchev–Trinajstić information content (AvgIpc) is 2.67. The maximum atomic E-state index is 12.0. The molecule has 3 N–H and O–H groups in total.